The molecule has 0 bridgehead atoms. The summed E-state index contributed by atoms with van der Waals surface area (Å²) in [6.07, 6.45) is 1.18. The van der Waals surface area contributed by atoms with Gasteiger partial charge in [0.1, 0.15) is 11.4 Å². The Labute approximate surface area is 111 Å². The van der Waals surface area contributed by atoms with E-state index in [4.69, 9.17) is 10.6 Å². The number of thioether (sulfide) groups is 1. The first kappa shape index (κ1) is 15.7. The summed E-state index contributed by atoms with van der Waals surface area (Å²) >= 11 is 1.56. The summed E-state index contributed by atoms with van der Waals surface area (Å²) in [5.74, 6) is 5.93. The van der Waals surface area contributed by atoms with Crippen molar-refractivity contribution in [2.24, 2.45) is 5.84 Å². The van der Waals surface area contributed by atoms with Crippen molar-refractivity contribution in [2.45, 2.75) is 11.4 Å². The van der Waals surface area contributed by atoms with Crippen LogP contribution in [-0.2, 0) is 19.4 Å². The summed E-state index contributed by atoms with van der Waals surface area (Å²) in [6.45, 7) is 0.629. The third-order valence-corrected chi connectivity index (χ3v) is 5.45. The maximum atomic E-state index is 11.8. The Morgan fingerprint density at radius 1 is 1.67 bits per heavy atom. The highest BCUT2D eigenvalue weighted by atomic mass is 32.2. The van der Waals surface area contributed by atoms with Crippen LogP contribution in [0.5, 0.6) is 0 Å². The minimum atomic E-state index is -3.25. The van der Waals surface area contributed by atoms with Gasteiger partial charge in [-0.15, -0.1) is 0 Å². The first-order valence-corrected chi connectivity index (χ1v) is 8.54. The van der Waals surface area contributed by atoms with E-state index in [-0.39, 0.29) is 6.61 Å². The van der Waals surface area contributed by atoms with Crippen LogP contribution in [0.2, 0.25) is 0 Å². The van der Waals surface area contributed by atoms with Crippen molar-refractivity contribution in [2.75, 3.05) is 38.0 Å². The average molecular weight is 297 g/mol. The number of rotatable bonds is 5. The van der Waals surface area contributed by atoms with Gasteiger partial charge in [-0.05, 0) is 0 Å². The molecule has 0 spiro atoms. The second-order valence-electron chi connectivity index (χ2n) is 4.08. The second kappa shape index (κ2) is 6.71. The standard InChI is InChI=1S/C9H19N3O4S2/c1-16-5-7(9(13)11-10)12-3-4-17-6-8(12)18(2,14)15/h7-8H,3-6,10H2,1-2H3,(H,11,13). The Kier molecular flexibility index (Phi) is 5.86. The molecule has 2 unspecified atom stereocenters. The molecule has 9 heteroatoms. The highest BCUT2D eigenvalue weighted by Gasteiger charge is 2.38. The van der Waals surface area contributed by atoms with Crippen LogP contribution in [-0.4, -0.2) is 68.7 Å². The fourth-order valence-electron chi connectivity index (χ4n) is 1.90. The molecule has 1 fully saturated rings. The van der Waals surface area contributed by atoms with E-state index >= 15 is 0 Å². The summed E-state index contributed by atoms with van der Waals surface area (Å²) in [5, 5.41) is -0.673. The van der Waals surface area contributed by atoms with Crippen molar-refractivity contribution in [3.63, 3.8) is 0 Å². The zero-order valence-corrected chi connectivity index (χ0v) is 12.1. The van der Waals surface area contributed by atoms with Crippen LogP contribution in [0, 0.1) is 0 Å². The van der Waals surface area contributed by atoms with Crippen molar-refractivity contribution >= 4 is 27.5 Å². The first-order valence-electron chi connectivity index (χ1n) is 5.43. The summed E-state index contributed by atoms with van der Waals surface area (Å²) in [6, 6.07) is -0.680. The molecule has 0 radical (unpaired) electrons. The number of methoxy groups -OCH3 is 1. The number of amides is 1. The lowest BCUT2D eigenvalue weighted by molar-refractivity contribution is -0.128. The number of sulfone groups is 1. The molecule has 18 heavy (non-hydrogen) atoms. The van der Waals surface area contributed by atoms with Crippen LogP contribution in [0.1, 0.15) is 0 Å². The van der Waals surface area contributed by atoms with Gasteiger partial charge in [0.25, 0.3) is 5.91 Å². The van der Waals surface area contributed by atoms with Crippen LogP contribution >= 0.6 is 11.8 Å². The van der Waals surface area contributed by atoms with Crippen molar-refractivity contribution in [3.05, 3.63) is 0 Å². The Bertz CT molecular complexity index is 387. The van der Waals surface area contributed by atoms with E-state index < -0.39 is 27.2 Å². The smallest absolute Gasteiger partial charge is 0.253 e. The molecular weight excluding hydrogens is 278 g/mol. The SMILES string of the molecule is COCC(C(=O)NN)N1CCSCC1S(C)(=O)=O. The van der Waals surface area contributed by atoms with Gasteiger partial charge in [-0.25, -0.2) is 14.3 Å². The van der Waals surface area contributed by atoms with Gasteiger partial charge in [-0.2, -0.15) is 11.8 Å². The van der Waals surface area contributed by atoms with E-state index in [1.54, 1.807) is 16.7 Å². The number of carbonyl (C=O) groups excluding carboxylic acids is 1. The summed E-state index contributed by atoms with van der Waals surface area (Å²) in [7, 11) is -1.79. The molecule has 1 saturated heterocycles. The van der Waals surface area contributed by atoms with Gasteiger partial charge < -0.3 is 4.74 Å². The molecule has 1 amide bonds. The third kappa shape index (κ3) is 3.82. The summed E-state index contributed by atoms with van der Waals surface area (Å²) in [5.41, 5.74) is 2.06. The number of nitrogens with two attached hydrogens (primary N) is 1. The molecule has 1 aliphatic rings. The van der Waals surface area contributed by atoms with E-state index in [0.29, 0.717) is 12.3 Å². The van der Waals surface area contributed by atoms with E-state index in [1.807, 2.05) is 0 Å². The molecule has 3 N–H and O–H groups in total. The fourth-order valence-corrected chi connectivity index (χ4v) is 4.82. The van der Waals surface area contributed by atoms with E-state index in [0.717, 1.165) is 5.75 Å². The predicted octanol–water partition coefficient (Wildman–Crippen LogP) is -1.59. The van der Waals surface area contributed by atoms with Crippen molar-refractivity contribution in [1.82, 2.24) is 10.3 Å². The lowest BCUT2D eigenvalue weighted by Crippen LogP contribution is -2.59. The van der Waals surface area contributed by atoms with Gasteiger partial charge in [0.2, 0.25) is 0 Å². The molecule has 1 aliphatic heterocycles. The highest BCUT2D eigenvalue weighted by Crippen LogP contribution is 2.22. The minimum absolute atomic E-state index is 0.111. The average Bonchev–Trinajstić information content (AvgIpc) is 2.34. The molecule has 0 aromatic carbocycles. The molecule has 2 atom stereocenters. The topological polar surface area (TPSA) is 102 Å². The molecule has 0 aliphatic carbocycles. The maximum Gasteiger partial charge on any atom is 0.253 e. The van der Waals surface area contributed by atoms with Crippen molar-refractivity contribution in [1.29, 1.82) is 0 Å². The highest BCUT2D eigenvalue weighted by molar-refractivity contribution is 8.00. The Balaban J connectivity index is 2.95. The number of hydrogen-bond acceptors (Lipinski definition) is 7. The molecule has 0 saturated carbocycles. The van der Waals surface area contributed by atoms with Gasteiger partial charge in [0.05, 0.1) is 6.61 Å². The number of hydrogen-bond donors (Lipinski definition) is 2. The van der Waals surface area contributed by atoms with Crippen LogP contribution < -0.4 is 11.3 Å². The summed E-state index contributed by atoms with van der Waals surface area (Å²) < 4.78 is 28.5. The van der Waals surface area contributed by atoms with E-state index in [1.165, 1.54) is 13.4 Å². The van der Waals surface area contributed by atoms with Gasteiger partial charge in [-0.3, -0.25) is 15.1 Å². The lowest BCUT2D eigenvalue weighted by Gasteiger charge is -2.38. The van der Waals surface area contributed by atoms with E-state index in [9.17, 15) is 13.2 Å². The largest absolute Gasteiger partial charge is 0.383 e. The van der Waals surface area contributed by atoms with Gasteiger partial charge in [0, 0.05) is 31.4 Å². The third-order valence-electron chi connectivity index (χ3n) is 2.79. The van der Waals surface area contributed by atoms with Crippen LogP contribution in [0.15, 0.2) is 0 Å². The quantitative estimate of drug-likeness (QED) is 0.358. The Morgan fingerprint density at radius 3 is 2.83 bits per heavy atom. The van der Waals surface area contributed by atoms with Crippen LogP contribution in [0.25, 0.3) is 0 Å². The lowest BCUT2D eigenvalue weighted by atomic mass is 10.2. The Morgan fingerprint density at radius 2 is 2.33 bits per heavy atom. The molecule has 7 nitrogen and oxygen atoms in total. The Hall–Kier alpha value is -0.350. The molecular formula is C9H19N3O4S2. The zero-order valence-electron chi connectivity index (χ0n) is 10.5. The van der Waals surface area contributed by atoms with Crippen molar-refractivity contribution in [3.8, 4) is 0 Å². The number of nitrogens with one attached hydrogen (secondary N) is 1. The fraction of sp³-hybridized carbons (Fsp3) is 0.889. The summed E-state index contributed by atoms with van der Waals surface area (Å²) in [4.78, 5) is 13.4. The van der Waals surface area contributed by atoms with Crippen LogP contribution in [0.3, 0.4) is 0 Å². The van der Waals surface area contributed by atoms with Crippen molar-refractivity contribution < 1.29 is 17.9 Å². The first-order chi connectivity index (χ1) is 8.41. The maximum absolute atomic E-state index is 11.8. The number of ether oxygens (including phenoxy) is 1. The number of nitrogens with zero attached hydrogens (tertiary/aromatic N) is 1. The molecule has 1 heterocycles. The molecule has 1 rings (SSSR count). The molecule has 0 aromatic rings. The van der Waals surface area contributed by atoms with Gasteiger partial charge in [-0.1, -0.05) is 0 Å². The molecule has 0 aromatic heterocycles. The van der Waals surface area contributed by atoms with E-state index in [2.05, 4.69) is 5.43 Å². The van der Waals surface area contributed by atoms with Gasteiger partial charge >= 0.3 is 0 Å². The normalized spacial score (nSPS) is 23.6. The number of carbonyl (C=O) groups is 1. The molecule has 106 valence electrons. The minimum Gasteiger partial charge on any atom is -0.383 e. The van der Waals surface area contributed by atoms with Crippen LogP contribution in [0.4, 0.5) is 0 Å². The number of hydrazine groups is 1. The van der Waals surface area contributed by atoms with Gasteiger partial charge in [0.15, 0.2) is 9.84 Å². The predicted molar refractivity (Wildman–Crippen MR) is 70.7 cm³/mol. The monoisotopic (exact) mass is 297 g/mol. The second-order valence-corrected chi connectivity index (χ2v) is 7.43. The zero-order chi connectivity index (χ0) is 13.8.